The monoisotopic (exact) mass is 384 g/mol. The van der Waals surface area contributed by atoms with Crippen molar-refractivity contribution >= 4 is 28.9 Å². The van der Waals surface area contributed by atoms with Gasteiger partial charge in [0.2, 0.25) is 0 Å². The third-order valence-electron chi connectivity index (χ3n) is 4.62. The summed E-state index contributed by atoms with van der Waals surface area (Å²) in [5.74, 6) is 1.61. The number of rotatable bonds is 2. The maximum Gasteiger partial charge on any atom is 0.197 e. The lowest BCUT2D eigenvalue weighted by Gasteiger charge is -2.39. The number of nitrogens with zero attached hydrogens (tertiary/aromatic N) is 1. The average molecular weight is 385 g/mol. The van der Waals surface area contributed by atoms with Crippen LogP contribution in [0, 0.1) is 0 Å². The van der Waals surface area contributed by atoms with Gasteiger partial charge in [-0.3, -0.25) is 0 Å². The van der Waals surface area contributed by atoms with Gasteiger partial charge in [0.15, 0.2) is 12.0 Å². The zero-order valence-corrected chi connectivity index (χ0v) is 15.0. The van der Waals surface area contributed by atoms with Crippen molar-refractivity contribution in [1.29, 1.82) is 0 Å². The molecule has 1 aromatic heterocycles. The van der Waals surface area contributed by atoms with E-state index in [1.807, 2.05) is 47.5 Å². The maximum atomic E-state index is 6.46. The van der Waals surface area contributed by atoms with Crippen LogP contribution in [0.15, 0.2) is 71.4 Å². The average Bonchev–Trinajstić information content (AvgIpc) is 3.31. The van der Waals surface area contributed by atoms with E-state index in [1.165, 1.54) is 0 Å². The molecule has 2 unspecified atom stereocenters. The molecule has 2 aliphatic rings. The van der Waals surface area contributed by atoms with Crippen molar-refractivity contribution < 1.29 is 9.15 Å². The van der Waals surface area contributed by atoms with Gasteiger partial charge in [-0.05, 0) is 36.4 Å². The third-order valence-corrected chi connectivity index (χ3v) is 5.18. The van der Waals surface area contributed by atoms with E-state index in [1.54, 1.807) is 12.3 Å². The third kappa shape index (κ3) is 2.50. The highest BCUT2D eigenvalue weighted by molar-refractivity contribution is 6.35. The maximum absolute atomic E-state index is 6.46. The summed E-state index contributed by atoms with van der Waals surface area (Å²) in [5, 5.41) is 3.19. The number of ether oxygens (including phenoxy) is 1. The molecule has 5 rings (SSSR count). The summed E-state index contributed by atoms with van der Waals surface area (Å²) < 4.78 is 11.8. The fraction of sp³-hybridized carbons (Fsp3) is 0.100. The molecule has 3 aromatic rings. The normalized spacial score (nSPS) is 21.4. The zero-order chi connectivity index (χ0) is 17.7. The fourth-order valence-corrected chi connectivity index (χ4v) is 3.92. The van der Waals surface area contributed by atoms with Crippen LogP contribution in [-0.2, 0) is 0 Å². The Morgan fingerprint density at radius 2 is 1.85 bits per heavy atom. The first-order chi connectivity index (χ1) is 12.7. The van der Waals surface area contributed by atoms with E-state index in [0.29, 0.717) is 10.0 Å². The fourth-order valence-electron chi connectivity index (χ4n) is 3.42. The molecule has 0 fully saturated rings. The molecule has 0 aliphatic carbocycles. The number of fused-ring (bicyclic) bond motifs is 3. The van der Waals surface area contributed by atoms with E-state index in [9.17, 15) is 0 Å². The highest BCUT2D eigenvalue weighted by Crippen LogP contribution is 2.47. The molecule has 1 N–H and O–H groups in total. The molecular formula is C20H14Cl2N2O2. The van der Waals surface area contributed by atoms with Gasteiger partial charge in [0.1, 0.15) is 5.75 Å². The Morgan fingerprint density at radius 3 is 2.65 bits per heavy atom. The summed E-state index contributed by atoms with van der Waals surface area (Å²) in [4.78, 5) is 0. The second-order valence-corrected chi connectivity index (χ2v) is 7.04. The van der Waals surface area contributed by atoms with Crippen LogP contribution >= 0.6 is 23.2 Å². The number of benzene rings is 2. The smallest absolute Gasteiger partial charge is 0.197 e. The molecule has 4 nitrogen and oxygen atoms in total. The first kappa shape index (κ1) is 15.8. The first-order valence-corrected chi connectivity index (χ1v) is 8.97. The molecule has 2 aliphatic heterocycles. The van der Waals surface area contributed by atoms with Crippen molar-refractivity contribution in [2.45, 2.75) is 12.3 Å². The van der Waals surface area contributed by atoms with Crippen LogP contribution in [0.4, 0.5) is 0 Å². The van der Waals surface area contributed by atoms with E-state index < -0.39 is 6.23 Å². The Kier molecular flexibility index (Phi) is 3.71. The summed E-state index contributed by atoms with van der Waals surface area (Å²) in [5.41, 5.74) is 6.24. The molecule has 0 saturated heterocycles. The van der Waals surface area contributed by atoms with Crippen LogP contribution in [0.1, 0.15) is 29.2 Å². The lowest BCUT2D eigenvalue weighted by molar-refractivity contribution is -0.0327. The molecule has 0 saturated carbocycles. The van der Waals surface area contributed by atoms with E-state index in [0.717, 1.165) is 28.3 Å². The van der Waals surface area contributed by atoms with Gasteiger partial charge < -0.3 is 14.6 Å². The standard InChI is InChI=1S/C20H14Cl2N2O2/c21-12-7-8-13(15(22)10-12)20-24-17(14-4-1-2-5-18(14)26-20)11-16(23-24)19-6-3-9-25-19/h1-11,17,20,23H. The van der Waals surface area contributed by atoms with E-state index in [2.05, 4.69) is 17.6 Å². The Bertz CT molecular complexity index is 1000. The van der Waals surface area contributed by atoms with Gasteiger partial charge in [0, 0.05) is 16.1 Å². The number of halogens is 2. The van der Waals surface area contributed by atoms with Crippen LogP contribution in [0.2, 0.25) is 10.0 Å². The van der Waals surface area contributed by atoms with Crippen molar-refractivity contribution in [3.8, 4) is 5.75 Å². The van der Waals surface area contributed by atoms with Crippen molar-refractivity contribution in [2.24, 2.45) is 0 Å². The summed E-state index contributed by atoms with van der Waals surface area (Å²) in [7, 11) is 0. The SMILES string of the molecule is Clc1ccc(C2Oc3ccccc3C3C=C(c4ccco4)NN32)c(Cl)c1. The zero-order valence-electron chi connectivity index (χ0n) is 13.5. The highest BCUT2D eigenvalue weighted by atomic mass is 35.5. The molecule has 0 spiro atoms. The van der Waals surface area contributed by atoms with Gasteiger partial charge in [-0.25, -0.2) is 0 Å². The number of hydrazine groups is 1. The molecule has 0 amide bonds. The molecule has 130 valence electrons. The van der Waals surface area contributed by atoms with E-state index >= 15 is 0 Å². The van der Waals surface area contributed by atoms with Crippen LogP contribution in [0.5, 0.6) is 5.75 Å². The van der Waals surface area contributed by atoms with Gasteiger partial charge in [0.25, 0.3) is 0 Å². The van der Waals surface area contributed by atoms with Crippen LogP contribution in [0.25, 0.3) is 5.70 Å². The molecule has 26 heavy (non-hydrogen) atoms. The quantitative estimate of drug-likeness (QED) is 0.625. The molecular weight excluding hydrogens is 371 g/mol. The summed E-state index contributed by atoms with van der Waals surface area (Å²) >= 11 is 12.5. The Hall–Kier alpha value is -2.40. The lowest BCUT2D eigenvalue weighted by atomic mass is 10.0. The van der Waals surface area contributed by atoms with Crippen molar-refractivity contribution in [1.82, 2.24) is 10.4 Å². The minimum Gasteiger partial charge on any atom is -0.469 e. The molecule has 0 bridgehead atoms. The van der Waals surface area contributed by atoms with Crippen LogP contribution in [-0.4, -0.2) is 5.01 Å². The molecule has 0 radical (unpaired) electrons. The molecule has 6 heteroatoms. The highest BCUT2D eigenvalue weighted by Gasteiger charge is 2.41. The Labute approximate surface area is 160 Å². The number of hydrogen-bond acceptors (Lipinski definition) is 4. The summed E-state index contributed by atoms with van der Waals surface area (Å²) in [6.45, 7) is 0. The molecule has 2 aromatic carbocycles. The van der Waals surface area contributed by atoms with Crippen molar-refractivity contribution in [3.05, 3.63) is 93.9 Å². The predicted molar refractivity (Wildman–Crippen MR) is 101 cm³/mol. The predicted octanol–water partition coefficient (Wildman–Crippen LogP) is 5.58. The van der Waals surface area contributed by atoms with Gasteiger partial charge in [0.05, 0.1) is 23.0 Å². The van der Waals surface area contributed by atoms with Crippen LogP contribution < -0.4 is 10.2 Å². The Morgan fingerprint density at radius 1 is 0.962 bits per heavy atom. The summed E-state index contributed by atoms with van der Waals surface area (Å²) in [6.07, 6.45) is 3.40. The van der Waals surface area contributed by atoms with Gasteiger partial charge in [-0.15, -0.1) is 0 Å². The molecule has 2 atom stereocenters. The second kappa shape index (κ2) is 6.09. The lowest BCUT2D eigenvalue weighted by Crippen LogP contribution is -2.43. The number of nitrogens with one attached hydrogen (secondary N) is 1. The number of para-hydroxylation sites is 1. The minimum absolute atomic E-state index is 0.00297. The van der Waals surface area contributed by atoms with Gasteiger partial charge >= 0.3 is 0 Å². The summed E-state index contributed by atoms with van der Waals surface area (Å²) in [6, 6.07) is 17.2. The Balaban J connectivity index is 1.61. The van der Waals surface area contributed by atoms with Crippen molar-refractivity contribution in [3.63, 3.8) is 0 Å². The number of hydrogen-bond donors (Lipinski definition) is 1. The van der Waals surface area contributed by atoms with Gasteiger partial charge in [-0.1, -0.05) is 47.5 Å². The van der Waals surface area contributed by atoms with Crippen LogP contribution in [0.3, 0.4) is 0 Å². The van der Waals surface area contributed by atoms with E-state index in [-0.39, 0.29) is 6.04 Å². The molecule has 3 heterocycles. The van der Waals surface area contributed by atoms with Gasteiger partial charge in [-0.2, -0.15) is 5.01 Å². The topological polar surface area (TPSA) is 37.6 Å². The minimum atomic E-state index is -0.400. The van der Waals surface area contributed by atoms with E-state index in [4.69, 9.17) is 32.4 Å². The number of furan rings is 1. The largest absolute Gasteiger partial charge is 0.469 e. The second-order valence-electron chi connectivity index (χ2n) is 6.20. The van der Waals surface area contributed by atoms with Crippen molar-refractivity contribution in [2.75, 3.05) is 0 Å². The first-order valence-electron chi connectivity index (χ1n) is 8.22.